The number of fused-ring (bicyclic) bond motifs is 1. The fourth-order valence-corrected chi connectivity index (χ4v) is 7.14. The van der Waals surface area contributed by atoms with Crippen molar-refractivity contribution in [3.8, 4) is 0 Å². The van der Waals surface area contributed by atoms with Crippen molar-refractivity contribution < 1.29 is 24.5 Å². The van der Waals surface area contributed by atoms with Crippen LogP contribution in [0.1, 0.15) is 32.6 Å². The number of aliphatic hydroxyl groups is 1. The summed E-state index contributed by atoms with van der Waals surface area (Å²) in [6, 6.07) is 0. The number of hydrogen-bond donors (Lipinski definition) is 2. The zero-order valence-electron chi connectivity index (χ0n) is 13.7. The molecule has 4 fully saturated rings. The van der Waals surface area contributed by atoms with Gasteiger partial charge in [0.15, 0.2) is 0 Å². The van der Waals surface area contributed by atoms with Gasteiger partial charge in [-0.1, -0.05) is 18.2 Å². The van der Waals surface area contributed by atoms with Gasteiger partial charge in [0.05, 0.1) is 12.0 Å². The van der Waals surface area contributed by atoms with Crippen molar-refractivity contribution in [2.75, 3.05) is 0 Å². The number of rotatable bonds is 1. The normalized spacial score (nSPS) is 56.8. The number of carboxylic acids is 1. The van der Waals surface area contributed by atoms with Gasteiger partial charge in [-0.3, -0.25) is 9.59 Å². The lowest BCUT2D eigenvalue weighted by atomic mass is 9.61. The number of carbonyl (C=O) groups is 2. The second-order valence-corrected chi connectivity index (χ2v) is 8.72. The third-order valence-corrected chi connectivity index (χ3v) is 8.02. The molecule has 24 heavy (non-hydrogen) atoms. The van der Waals surface area contributed by atoms with Crippen LogP contribution in [0.25, 0.3) is 0 Å². The second kappa shape index (κ2) is 3.96. The van der Waals surface area contributed by atoms with Crippen LogP contribution in [0, 0.1) is 34.5 Å². The molecule has 0 amide bonds. The quantitative estimate of drug-likeness (QED) is 0.567. The number of hydrogen-bond acceptors (Lipinski definition) is 4. The van der Waals surface area contributed by atoms with Crippen LogP contribution in [0.5, 0.6) is 0 Å². The average Bonchev–Trinajstić information content (AvgIpc) is 2.98. The van der Waals surface area contributed by atoms with Crippen molar-refractivity contribution in [2.45, 2.75) is 44.3 Å². The van der Waals surface area contributed by atoms with Crippen LogP contribution in [0.3, 0.4) is 0 Å². The molecule has 8 atom stereocenters. The topological polar surface area (TPSA) is 83.8 Å². The van der Waals surface area contributed by atoms with Crippen molar-refractivity contribution in [3.05, 3.63) is 24.3 Å². The predicted molar refractivity (Wildman–Crippen MR) is 83.7 cm³/mol. The van der Waals surface area contributed by atoms with Gasteiger partial charge in [0, 0.05) is 11.8 Å². The monoisotopic (exact) mass is 330 g/mol. The van der Waals surface area contributed by atoms with Crippen molar-refractivity contribution in [1.82, 2.24) is 0 Å². The van der Waals surface area contributed by atoms with Gasteiger partial charge in [-0.2, -0.15) is 0 Å². The van der Waals surface area contributed by atoms with Gasteiger partial charge in [-0.25, -0.2) is 0 Å². The zero-order chi connectivity index (χ0) is 17.1. The van der Waals surface area contributed by atoms with E-state index >= 15 is 0 Å². The van der Waals surface area contributed by atoms with Gasteiger partial charge in [-0.05, 0) is 50.0 Å². The summed E-state index contributed by atoms with van der Waals surface area (Å²) >= 11 is 0. The number of ether oxygens (including phenoxy) is 1. The Morgan fingerprint density at radius 2 is 2.17 bits per heavy atom. The summed E-state index contributed by atoms with van der Waals surface area (Å²) in [6.07, 6.45) is 5.83. The highest BCUT2D eigenvalue weighted by Crippen LogP contribution is 2.76. The first kappa shape index (κ1) is 14.7. The Bertz CT molecular complexity index is 725. The van der Waals surface area contributed by atoms with Gasteiger partial charge >= 0.3 is 11.9 Å². The largest absolute Gasteiger partial charge is 0.481 e. The molecule has 0 aromatic heterocycles. The maximum absolute atomic E-state index is 12.7. The van der Waals surface area contributed by atoms with E-state index in [-0.39, 0.29) is 5.92 Å². The van der Waals surface area contributed by atoms with E-state index in [0.717, 1.165) is 24.8 Å². The van der Waals surface area contributed by atoms with Crippen LogP contribution < -0.4 is 0 Å². The number of allylic oxidation sites excluding steroid dienone is 1. The Kier molecular flexibility index (Phi) is 2.42. The molecule has 5 rings (SSSR count). The summed E-state index contributed by atoms with van der Waals surface area (Å²) in [5.74, 6) is -2.12. The molecule has 128 valence electrons. The van der Waals surface area contributed by atoms with Crippen LogP contribution in [0.2, 0.25) is 0 Å². The van der Waals surface area contributed by atoms with E-state index in [1.54, 1.807) is 13.0 Å². The number of carboxylic acid groups (broad SMARTS) is 1. The summed E-state index contributed by atoms with van der Waals surface area (Å²) in [7, 11) is 0. The first-order chi connectivity index (χ1) is 11.3. The molecule has 5 aliphatic rings. The molecular weight excluding hydrogens is 308 g/mol. The van der Waals surface area contributed by atoms with Crippen LogP contribution in [0.4, 0.5) is 0 Å². The molecule has 4 aliphatic carbocycles. The molecule has 3 saturated carbocycles. The fourth-order valence-electron chi connectivity index (χ4n) is 7.14. The highest BCUT2D eigenvalue weighted by Gasteiger charge is 2.82. The van der Waals surface area contributed by atoms with E-state index in [1.165, 1.54) is 0 Å². The molecule has 1 heterocycles. The van der Waals surface area contributed by atoms with Gasteiger partial charge < -0.3 is 14.9 Å². The van der Waals surface area contributed by atoms with Gasteiger partial charge in [0.25, 0.3) is 0 Å². The third-order valence-electron chi connectivity index (χ3n) is 8.02. The lowest BCUT2D eigenvalue weighted by Crippen LogP contribution is -2.50. The SMILES string of the molecule is C=C1C[C@]23C[C@H]1CC[C@H]2[C@@]12C=C[C@H](O)[C@@](C)(C(=O)O1)[C@@H]2[C@@H]3C(=O)O. The summed E-state index contributed by atoms with van der Waals surface area (Å²) in [5, 5.41) is 20.7. The Balaban J connectivity index is 1.78. The molecule has 1 aliphatic heterocycles. The lowest BCUT2D eigenvalue weighted by molar-refractivity contribution is -0.161. The molecule has 0 unspecified atom stereocenters. The molecule has 2 N–H and O–H groups in total. The zero-order valence-corrected chi connectivity index (χ0v) is 13.7. The Morgan fingerprint density at radius 1 is 1.42 bits per heavy atom. The molecule has 5 nitrogen and oxygen atoms in total. The number of aliphatic carboxylic acids is 1. The van der Waals surface area contributed by atoms with Crippen LogP contribution in [-0.4, -0.2) is 33.9 Å². The van der Waals surface area contributed by atoms with Gasteiger partial charge in [-0.15, -0.1) is 0 Å². The average molecular weight is 330 g/mol. The minimum absolute atomic E-state index is 0.00104. The summed E-state index contributed by atoms with van der Waals surface area (Å²) in [4.78, 5) is 25.0. The number of aliphatic hydroxyl groups excluding tert-OH is 1. The van der Waals surface area contributed by atoms with Crippen molar-refractivity contribution in [1.29, 1.82) is 0 Å². The first-order valence-corrected chi connectivity index (χ1v) is 8.79. The highest BCUT2D eigenvalue weighted by molar-refractivity contribution is 5.86. The summed E-state index contributed by atoms with van der Waals surface area (Å²) in [5.41, 5.74) is -1.30. The molecule has 1 saturated heterocycles. The van der Waals surface area contributed by atoms with E-state index in [4.69, 9.17) is 4.74 Å². The van der Waals surface area contributed by atoms with Crippen LogP contribution in [0.15, 0.2) is 24.3 Å². The van der Waals surface area contributed by atoms with E-state index < -0.39 is 46.3 Å². The van der Waals surface area contributed by atoms with Gasteiger partial charge in [0.1, 0.15) is 11.0 Å². The standard InChI is InChI=1S/C19H22O5/c1-9-7-18-8-10(9)3-4-11(18)19-6-5-12(20)17(2,16(23)24-19)14(19)13(18)15(21)22/h5-6,10-14,20H,1,3-4,7-8H2,2H3,(H,21,22)/t10-,11-,12+,13-,14+,17-,18+,19-/m1/s1. The maximum Gasteiger partial charge on any atom is 0.316 e. The highest BCUT2D eigenvalue weighted by atomic mass is 16.6. The minimum Gasteiger partial charge on any atom is -0.481 e. The van der Waals surface area contributed by atoms with Gasteiger partial charge in [0.2, 0.25) is 0 Å². The van der Waals surface area contributed by atoms with Crippen LogP contribution >= 0.6 is 0 Å². The Morgan fingerprint density at radius 3 is 2.88 bits per heavy atom. The molecule has 5 heteroatoms. The molecule has 0 aromatic carbocycles. The van der Waals surface area contributed by atoms with E-state index in [0.29, 0.717) is 12.3 Å². The number of esters is 1. The van der Waals surface area contributed by atoms with E-state index in [9.17, 15) is 19.8 Å². The van der Waals surface area contributed by atoms with Crippen molar-refractivity contribution in [2.24, 2.45) is 34.5 Å². The lowest BCUT2D eigenvalue weighted by Gasteiger charge is -2.42. The molecule has 0 radical (unpaired) electrons. The predicted octanol–water partition coefficient (Wildman–Crippen LogP) is 1.91. The maximum atomic E-state index is 12.7. The van der Waals surface area contributed by atoms with Crippen molar-refractivity contribution >= 4 is 11.9 Å². The second-order valence-electron chi connectivity index (χ2n) is 8.72. The summed E-state index contributed by atoms with van der Waals surface area (Å²) in [6.45, 7) is 5.88. The smallest absolute Gasteiger partial charge is 0.316 e. The summed E-state index contributed by atoms with van der Waals surface area (Å²) < 4.78 is 5.92. The van der Waals surface area contributed by atoms with Crippen molar-refractivity contribution in [3.63, 3.8) is 0 Å². The Hall–Kier alpha value is -1.62. The minimum atomic E-state index is -1.18. The van der Waals surface area contributed by atoms with Crippen LogP contribution in [-0.2, 0) is 14.3 Å². The fraction of sp³-hybridized carbons (Fsp3) is 0.684. The van der Waals surface area contributed by atoms with E-state index in [1.807, 2.05) is 6.08 Å². The number of carbonyl (C=O) groups excluding carboxylic acids is 1. The molecule has 1 spiro atoms. The Labute approximate surface area is 140 Å². The molecular formula is C19H22O5. The molecule has 0 aromatic rings. The van der Waals surface area contributed by atoms with E-state index in [2.05, 4.69) is 6.58 Å². The molecule has 4 bridgehead atoms. The third kappa shape index (κ3) is 1.25. The first-order valence-electron chi connectivity index (χ1n) is 8.79.